The lowest BCUT2D eigenvalue weighted by atomic mass is 10.2. The summed E-state index contributed by atoms with van der Waals surface area (Å²) >= 11 is 0. The topological polar surface area (TPSA) is 72.9 Å². The fourth-order valence-electron chi connectivity index (χ4n) is 1.84. The minimum absolute atomic E-state index is 0.0454. The summed E-state index contributed by atoms with van der Waals surface area (Å²) in [5, 5.41) is 0. The number of hydrogen-bond acceptors (Lipinski definition) is 5. The van der Waals surface area contributed by atoms with Crippen molar-refractivity contribution in [1.29, 1.82) is 0 Å². The zero-order valence-electron chi connectivity index (χ0n) is 12.8. The highest BCUT2D eigenvalue weighted by Crippen LogP contribution is 2.17. The van der Waals surface area contributed by atoms with Crippen LogP contribution in [0.15, 0.2) is 59.5 Å². The van der Waals surface area contributed by atoms with Crippen molar-refractivity contribution < 1.29 is 22.8 Å². The molecule has 0 fully saturated rings. The van der Waals surface area contributed by atoms with Crippen molar-refractivity contribution in [2.24, 2.45) is 0 Å². The van der Waals surface area contributed by atoms with Crippen molar-refractivity contribution in [2.75, 3.05) is 14.2 Å². The van der Waals surface area contributed by atoms with Crippen LogP contribution in [0.1, 0.15) is 15.9 Å². The van der Waals surface area contributed by atoms with Crippen molar-refractivity contribution in [3.05, 3.63) is 65.7 Å². The van der Waals surface area contributed by atoms with Crippen molar-refractivity contribution in [1.82, 2.24) is 4.47 Å². The molecule has 0 saturated heterocycles. The molecule has 0 heterocycles. The summed E-state index contributed by atoms with van der Waals surface area (Å²) in [6, 6.07) is 14.9. The number of carbonyl (C=O) groups excluding carboxylic acids is 1. The highest BCUT2D eigenvalue weighted by Gasteiger charge is 2.22. The van der Waals surface area contributed by atoms with E-state index in [1.54, 1.807) is 0 Å². The summed E-state index contributed by atoms with van der Waals surface area (Å²) in [4.78, 5) is 16.7. The Morgan fingerprint density at radius 1 is 1.09 bits per heavy atom. The summed E-state index contributed by atoms with van der Waals surface area (Å²) in [7, 11) is -1.29. The van der Waals surface area contributed by atoms with Crippen LogP contribution in [0.4, 0.5) is 0 Å². The Hall–Kier alpha value is -2.22. The van der Waals surface area contributed by atoms with E-state index in [2.05, 4.69) is 0 Å². The molecule has 0 aliphatic rings. The Morgan fingerprint density at radius 2 is 1.78 bits per heavy atom. The van der Waals surface area contributed by atoms with Crippen LogP contribution < -0.4 is 0 Å². The Balaban J connectivity index is 2.15. The molecular formula is C16H17NO5S. The lowest BCUT2D eigenvalue weighted by molar-refractivity contribution is -0.0258. The van der Waals surface area contributed by atoms with Crippen LogP contribution in [0.5, 0.6) is 0 Å². The molecule has 2 aromatic carbocycles. The van der Waals surface area contributed by atoms with E-state index in [1.807, 2.05) is 30.3 Å². The molecule has 0 saturated carbocycles. The van der Waals surface area contributed by atoms with Gasteiger partial charge in [-0.3, -0.25) is 4.84 Å². The largest absolute Gasteiger partial charge is 0.457 e. The molecule has 0 aromatic heterocycles. The van der Waals surface area contributed by atoms with Crippen molar-refractivity contribution in [3.63, 3.8) is 0 Å². The van der Waals surface area contributed by atoms with Gasteiger partial charge >= 0.3 is 5.97 Å². The predicted molar refractivity (Wildman–Crippen MR) is 84.0 cm³/mol. The molecule has 2 aromatic rings. The standard InChI is InChI=1S/C16H17NO5S/c1-17(21-2)23(19,20)15-10-6-9-14(11-15)16(18)22-12-13-7-4-3-5-8-13/h3-11H,12H2,1-2H3. The average molecular weight is 335 g/mol. The van der Waals surface area contributed by atoms with Gasteiger partial charge in [0.25, 0.3) is 10.0 Å². The minimum Gasteiger partial charge on any atom is -0.457 e. The van der Waals surface area contributed by atoms with Gasteiger partial charge in [-0.15, -0.1) is 0 Å². The van der Waals surface area contributed by atoms with E-state index in [0.717, 1.165) is 10.0 Å². The summed E-state index contributed by atoms with van der Waals surface area (Å²) in [6.07, 6.45) is 0. The molecule has 23 heavy (non-hydrogen) atoms. The predicted octanol–water partition coefficient (Wildman–Crippen LogP) is 2.23. The molecule has 7 heteroatoms. The summed E-state index contributed by atoms with van der Waals surface area (Å²) in [5.41, 5.74) is 1.01. The maximum absolute atomic E-state index is 12.2. The summed E-state index contributed by atoms with van der Waals surface area (Å²) in [5.74, 6) is -0.592. The Labute approximate surface area is 135 Å². The first-order valence-corrected chi connectivity index (χ1v) is 8.23. The number of benzene rings is 2. The van der Waals surface area contributed by atoms with Crippen LogP contribution in [0.2, 0.25) is 0 Å². The van der Waals surface area contributed by atoms with Gasteiger partial charge in [0.2, 0.25) is 0 Å². The normalized spacial score (nSPS) is 11.4. The fourth-order valence-corrected chi connectivity index (χ4v) is 2.86. The number of sulfonamides is 1. The smallest absolute Gasteiger partial charge is 0.338 e. The second-order valence-corrected chi connectivity index (χ2v) is 6.62. The summed E-state index contributed by atoms with van der Waals surface area (Å²) in [6.45, 7) is 0.120. The highest BCUT2D eigenvalue weighted by molar-refractivity contribution is 7.89. The minimum atomic E-state index is -3.81. The first-order chi connectivity index (χ1) is 10.9. The van der Waals surface area contributed by atoms with Gasteiger partial charge in [0.05, 0.1) is 17.6 Å². The molecule has 0 radical (unpaired) electrons. The molecule has 0 bridgehead atoms. The molecule has 0 unspecified atom stereocenters. The molecule has 0 atom stereocenters. The first-order valence-electron chi connectivity index (χ1n) is 6.79. The number of ether oxygens (including phenoxy) is 1. The molecule has 0 amide bonds. The van der Waals surface area contributed by atoms with E-state index in [9.17, 15) is 13.2 Å². The SMILES string of the molecule is CON(C)S(=O)(=O)c1cccc(C(=O)OCc2ccccc2)c1. The number of hydroxylamine groups is 1. The number of nitrogens with zero attached hydrogens (tertiary/aromatic N) is 1. The quantitative estimate of drug-likeness (QED) is 0.598. The second-order valence-electron chi connectivity index (χ2n) is 4.69. The van der Waals surface area contributed by atoms with Crippen LogP contribution in [-0.2, 0) is 26.2 Å². The fraction of sp³-hybridized carbons (Fsp3) is 0.188. The van der Waals surface area contributed by atoms with E-state index in [4.69, 9.17) is 9.57 Å². The molecule has 0 spiro atoms. The van der Waals surface area contributed by atoms with E-state index in [1.165, 1.54) is 38.4 Å². The van der Waals surface area contributed by atoms with Crippen molar-refractivity contribution >= 4 is 16.0 Å². The van der Waals surface area contributed by atoms with E-state index in [-0.39, 0.29) is 17.1 Å². The van der Waals surface area contributed by atoms with Gasteiger partial charge in [-0.25, -0.2) is 13.2 Å². The number of esters is 1. The zero-order chi connectivity index (χ0) is 16.9. The molecular weight excluding hydrogens is 318 g/mol. The van der Waals surface area contributed by atoms with Crippen LogP contribution in [0, 0.1) is 0 Å². The van der Waals surface area contributed by atoms with Crippen LogP contribution >= 0.6 is 0 Å². The molecule has 0 aliphatic carbocycles. The molecule has 0 aliphatic heterocycles. The number of hydrogen-bond donors (Lipinski definition) is 0. The van der Waals surface area contributed by atoms with Gasteiger partial charge in [0.1, 0.15) is 6.61 Å². The first kappa shape index (κ1) is 17.1. The summed E-state index contributed by atoms with van der Waals surface area (Å²) < 4.78 is 30.2. The monoisotopic (exact) mass is 335 g/mol. The lowest BCUT2D eigenvalue weighted by Crippen LogP contribution is -2.25. The molecule has 0 N–H and O–H groups in total. The van der Waals surface area contributed by atoms with Gasteiger partial charge in [-0.2, -0.15) is 0 Å². The van der Waals surface area contributed by atoms with Gasteiger partial charge in [0.15, 0.2) is 0 Å². The average Bonchev–Trinajstić information content (AvgIpc) is 2.59. The molecule has 6 nitrogen and oxygen atoms in total. The third-order valence-corrected chi connectivity index (χ3v) is 4.85. The molecule has 2 rings (SSSR count). The van der Waals surface area contributed by atoms with E-state index < -0.39 is 16.0 Å². The Kier molecular flexibility index (Phi) is 5.49. The van der Waals surface area contributed by atoms with Gasteiger partial charge in [0, 0.05) is 7.05 Å². The number of carbonyl (C=O) groups is 1. The van der Waals surface area contributed by atoms with Crippen LogP contribution in [0.25, 0.3) is 0 Å². The maximum atomic E-state index is 12.2. The van der Waals surface area contributed by atoms with E-state index >= 15 is 0 Å². The third-order valence-electron chi connectivity index (χ3n) is 3.18. The van der Waals surface area contributed by atoms with Crippen molar-refractivity contribution in [2.45, 2.75) is 11.5 Å². The van der Waals surface area contributed by atoms with Crippen molar-refractivity contribution in [3.8, 4) is 0 Å². The zero-order valence-corrected chi connectivity index (χ0v) is 13.6. The van der Waals surface area contributed by atoms with Gasteiger partial charge in [-0.1, -0.05) is 40.9 Å². The number of rotatable bonds is 6. The van der Waals surface area contributed by atoms with Gasteiger partial charge in [-0.05, 0) is 23.8 Å². The van der Waals surface area contributed by atoms with Crippen LogP contribution in [-0.4, -0.2) is 33.0 Å². The third kappa shape index (κ3) is 4.16. The van der Waals surface area contributed by atoms with Gasteiger partial charge < -0.3 is 4.74 Å². The second kappa shape index (κ2) is 7.36. The highest BCUT2D eigenvalue weighted by atomic mass is 32.2. The maximum Gasteiger partial charge on any atom is 0.338 e. The van der Waals surface area contributed by atoms with Crippen LogP contribution in [0.3, 0.4) is 0 Å². The Morgan fingerprint density at radius 3 is 2.43 bits per heavy atom. The van der Waals surface area contributed by atoms with E-state index in [0.29, 0.717) is 0 Å². The Bertz CT molecular complexity index is 774. The molecule has 122 valence electrons. The lowest BCUT2D eigenvalue weighted by Gasteiger charge is -2.14.